The van der Waals surface area contributed by atoms with Gasteiger partial charge in [0.1, 0.15) is 5.60 Å². The van der Waals surface area contributed by atoms with Crippen molar-refractivity contribution in [1.82, 2.24) is 0 Å². The fourth-order valence-electron chi connectivity index (χ4n) is 4.75. The van der Waals surface area contributed by atoms with E-state index in [9.17, 15) is 9.90 Å². The predicted octanol–water partition coefficient (Wildman–Crippen LogP) is 5.30. The lowest BCUT2D eigenvalue weighted by Crippen LogP contribution is -2.52. The summed E-state index contributed by atoms with van der Waals surface area (Å²) in [6.07, 6.45) is 1.20. The fourth-order valence-corrected chi connectivity index (χ4v) is 4.96. The molecule has 0 spiro atoms. The van der Waals surface area contributed by atoms with E-state index >= 15 is 0 Å². The minimum Gasteiger partial charge on any atom is -0.493 e. The molecule has 0 radical (unpaired) electrons. The van der Waals surface area contributed by atoms with Gasteiger partial charge in [0.15, 0.2) is 11.5 Å². The number of methoxy groups -OCH3 is 1. The second-order valence-electron chi connectivity index (χ2n) is 8.64. The minimum absolute atomic E-state index is 0.109. The molecule has 1 fully saturated rings. The number of carboxylic acid groups (broad SMARTS) is 1. The van der Waals surface area contributed by atoms with E-state index in [1.165, 1.54) is 5.56 Å². The monoisotopic (exact) mass is 430 g/mol. The molecule has 5 nitrogen and oxygen atoms in total. The molecule has 0 unspecified atom stereocenters. The van der Waals surface area contributed by atoms with Crippen molar-refractivity contribution in [3.8, 4) is 11.5 Å². The highest BCUT2D eigenvalue weighted by Gasteiger charge is 2.52. The maximum absolute atomic E-state index is 12.1. The summed E-state index contributed by atoms with van der Waals surface area (Å²) in [6.45, 7) is 3.96. The molecule has 4 rings (SSSR count). The standard InChI is InChI=1S/C24H27ClO5/c1-24(2)18-13-16(23(26)27)19(10-9-14-7-5-4-6-8-14)29-21(18)17-11-15(25)12-20(28-3)22(17)30-24/h4-8,11-12,16,18-19,21H,9-10,13H2,1-3H3,(H,26,27)/t16-,18+,19+,21-/m1/s1. The van der Waals surface area contributed by atoms with Gasteiger partial charge in [-0.15, -0.1) is 0 Å². The average Bonchev–Trinajstić information content (AvgIpc) is 2.72. The van der Waals surface area contributed by atoms with E-state index < -0.39 is 23.6 Å². The third-order valence-electron chi connectivity index (χ3n) is 6.35. The van der Waals surface area contributed by atoms with Crippen LogP contribution in [0.3, 0.4) is 0 Å². The number of hydrogen-bond donors (Lipinski definition) is 1. The van der Waals surface area contributed by atoms with Crippen LogP contribution in [0.5, 0.6) is 11.5 Å². The summed E-state index contributed by atoms with van der Waals surface area (Å²) in [5.74, 6) is -0.322. The number of aliphatic carboxylic acids is 1. The summed E-state index contributed by atoms with van der Waals surface area (Å²) in [4.78, 5) is 12.1. The van der Waals surface area contributed by atoms with Crippen molar-refractivity contribution in [2.75, 3.05) is 7.11 Å². The third-order valence-corrected chi connectivity index (χ3v) is 6.57. The van der Waals surface area contributed by atoms with Crippen molar-refractivity contribution in [2.24, 2.45) is 11.8 Å². The Morgan fingerprint density at radius 3 is 2.67 bits per heavy atom. The second kappa shape index (κ2) is 8.12. The molecule has 2 aliphatic heterocycles. The zero-order valence-electron chi connectivity index (χ0n) is 17.4. The quantitative estimate of drug-likeness (QED) is 0.697. The van der Waals surface area contributed by atoms with Crippen LogP contribution in [0.2, 0.25) is 5.02 Å². The molecular formula is C24H27ClO5. The summed E-state index contributed by atoms with van der Waals surface area (Å²) in [6, 6.07) is 13.6. The summed E-state index contributed by atoms with van der Waals surface area (Å²) >= 11 is 6.33. The zero-order valence-corrected chi connectivity index (χ0v) is 18.2. The second-order valence-corrected chi connectivity index (χ2v) is 9.07. The molecule has 0 aliphatic carbocycles. The van der Waals surface area contributed by atoms with Gasteiger partial charge in [-0.05, 0) is 44.7 Å². The van der Waals surface area contributed by atoms with E-state index in [1.807, 2.05) is 38.1 Å². The van der Waals surface area contributed by atoms with Crippen LogP contribution in [0, 0.1) is 11.8 Å². The summed E-state index contributed by atoms with van der Waals surface area (Å²) < 4.78 is 18.3. The molecule has 2 heterocycles. The van der Waals surface area contributed by atoms with Gasteiger partial charge in [-0.2, -0.15) is 0 Å². The largest absolute Gasteiger partial charge is 0.493 e. The number of benzene rings is 2. The number of fused-ring (bicyclic) bond motifs is 3. The molecule has 2 aliphatic rings. The molecular weight excluding hydrogens is 404 g/mol. The lowest BCUT2D eigenvalue weighted by atomic mass is 9.71. The van der Waals surface area contributed by atoms with Gasteiger partial charge in [0.25, 0.3) is 0 Å². The maximum Gasteiger partial charge on any atom is 0.309 e. The number of carboxylic acids is 1. The lowest BCUT2D eigenvalue weighted by molar-refractivity contribution is -0.188. The third kappa shape index (κ3) is 3.88. The molecule has 2 aromatic carbocycles. The molecule has 1 N–H and O–H groups in total. The Labute approximate surface area is 181 Å². The summed E-state index contributed by atoms with van der Waals surface area (Å²) in [5, 5.41) is 10.5. The van der Waals surface area contributed by atoms with E-state index in [0.29, 0.717) is 29.4 Å². The number of carbonyl (C=O) groups is 1. The van der Waals surface area contributed by atoms with Crippen LogP contribution >= 0.6 is 11.6 Å². The number of halogens is 1. The normalized spacial score (nSPS) is 26.8. The highest BCUT2D eigenvalue weighted by molar-refractivity contribution is 6.30. The molecule has 4 atom stereocenters. The molecule has 0 amide bonds. The van der Waals surface area contributed by atoms with Crippen LogP contribution in [0.4, 0.5) is 0 Å². The molecule has 1 saturated heterocycles. The zero-order chi connectivity index (χ0) is 21.5. The van der Waals surface area contributed by atoms with Crippen LogP contribution < -0.4 is 9.47 Å². The predicted molar refractivity (Wildman–Crippen MR) is 114 cm³/mol. The Balaban J connectivity index is 1.68. The van der Waals surface area contributed by atoms with Gasteiger partial charge >= 0.3 is 5.97 Å². The van der Waals surface area contributed by atoms with Crippen LogP contribution in [-0.4, -0.2) is 29.9 Å². The Kier molecular flexibility index (Phi) is 5.69. The number of hydrogen-bond acceptors (Lipinski definition) is 4. The van der Waals surface area contributed by atoms with E-state index in [2.05, 4.69) is 12.1 Å². The van der Waals surface area contributed by atoms with Crippen molar-refractivity contribution < 1.29 is 24.1 Å². The van der Waals surface area contributed by atoms with Crippen LogP contribution in [-0.2, 0) is 16.0 Å². The van der Waals surface area contributed by atoms with Crippen LogP contribution in [0.1, 0.15) is 43.9 Å². The SMILES string of the molecule is COc1cc(Cl)cc2c1OC(C)(C)[C@H]1C[C@@H](C(=O)O)[C@H](CCc3ccccc3)O[C@H]21. The highest BCUT2D eigenvalue weighted by Crippen LogP contribution is 2.55. The lowest BCUT2D eigenvalue weighted by Gasteiger charge is -2.50. The molecule has 0 aromatic heterocycles. The first-order valence-corrected chi connectivity index (χ1v) is 10.7. The minimum atomic E-state index is -0.822. The van der Waals surface area contributed by atoms with Crippen molar-refractivity contribution in [3.05, 3.63) is 58.6 Å². The van der Waals surface area contributed by atoms with Crippen LogP contribution in [0.15, 0.2) is 42.5 Å². The van der Waals surface area contributed by atoms with Crippen LogP contribution in [0.25, 0.3) is 0 Å². The molecule has 6 heteroatoms. The summed E-state index contributed by atoms with van der Waals surface area (Å²) in [7, 11) is 1.58. The molecule has 0 saturated carbocycles. The fraction of sp³-hybridized carbons (Fsp3) is 0.458. The first-order chi connectivity index (χ1) is 14.3. The molecule has 30 heavy (non-hydrogen) atoms. The number of ether oxygens (including phenoxy) is 3. The van der Waals surface area contributed by atoms with Gasteiger partial charge in [0.2, 0.25) is 0 Å². The number of rotatable bonds is 5. The van der Waals surface area contributed by atoms with E-state index in [1.54, 1.807) is 13.2 Å². The van der Waals surface area contributed by atoms with Gasteiger partial charge in [-0.3, -0.25) is 4.79 Å². The Morgan fingerprint density at radius 2 is 2.00 bits per heavy atom. The van der Waals surface area contributed by atoms with Crippen molar-refractivity contribution in [1.29, 1.82) is 0 Å². The van der Waals surface area contributed by atoms with E-state index in [4.69, 9.17) is 25.8 Å². The first kappa shape index (κ1) is 21.0. The van der Waals surface area contributed by atoms with E-state index in [-0.39, 0.29) is 12.0 Å². The van der Waals surface area contributed by atoms with E-state index in [0.717, 1.165) is 12.0 Å². The first-order valence-electron chi connectivity index (χ1n) is 10.3. The topological polar surface area (TPSA) is 65.0 Å². The Bertz CT molecular complexity index is 927. The maximum atomic E-state index is 12.1. The number of aryl methyl sites for hydroxylation is 1. The molecule has 2 aromatic rings. The van der Waals surface area contributed by atoms with Crippen molar-refractivity contribution in [2.45, 2.75) is 50.9 Å². The van der Waals surface area contributed by atoms with Crippen molar-refractivity contribution >= 4 is 17.6 Å². The average molecular weight is 431 g/mol. The van der Waals surface area contributed by atoms with Gasteiger partial charge < -0.3 is 19.3 Å². The van der Waals surface area contributed by atoms with Gasteiger partial charge in [-0.1, -0.05) is 41.9 Å². The smallest absolute Gasteiger partial charge is 0.309 e. The Morgan fingerprint density at radius 1 is 1.27 bits per heavy atom. The molecule has 0 bridgehead atoms. The summed E-state index contributed by atoms with van der Waals surface area (Å²) in [5.41, 5.74) is 1.40. The van der Waals surface area contributed by atoms with Gasteiger partial charge in [0, 0.05) is 22.6 Å². The van der Waals surface area contributed by atoms with Gasteiger partial charge in [-0.25, -0.2) is 0 Å². The molecule has 160 valence electrons. The van der Waals surface area contributed by atoms with Gasteiger partial charge in [0.05, 0.1) is 25.2 Å². The Hall–Kier alpha value is -2.24. The highest BCUT2D eigenvalue weighted by atomic mass is 35.5. The van der Waals surface area contributed by atoms with Crippen molar-refractivity contribution in [3.63, 3.8) is 0 Å².